The van der Waals surface area contributed by atoms with Crippen molar-refractivity contribution in [3.8, 4) is 0 Å². The molecule has 40 heavy (non-hydrogen) atoms. The maximum absolute atomic E-state index is 13.6. The topological polar surface area (TPSA) is 185 Å². The fourth-order valence-corrected chi connectivity index (χ4v) is 5.17. The molecule has 0 radical (unpaired) electrons. The summed E-state index contributed by atoms with van der Waals surface area (Å²) >= 11 is 0. The summed E-state index contributed by atoms with van der Waals surface area (Å²) in [5.74, 6) is -1.91. The molecular weight excluding hydrogens is 526 g/mol. The van der Waals surface area contributed by atoms with Gasteiger partial charge < -0.3 is 50.3 Å². The van der Waals surface area contributed by atoms with Gasteiger partial charge in [-0.1, -0.05) is 0 Å². The number of amides is 4. The molecule has 0 aromatic heterocycles. The van der Waals surface area contributed by atoms with Gasteiger partial charge in [-0.25, -0.2) is 0 Å². The molecule has 4 amide bonds. The van der Waals surface area contributed by atoms with E-state index in [1.807, 2.05) is 0 Å². The van der Waals surface area contributed by atoms with Crippen molar-refractivity contribution in [3.05, 3.63) is 0 Å². The molecule has 3 heterocycles. The number of primary amides is 1. The molecule has 228 valence electrons. The Kier molecular flexibility index (Phi) is 13.0. The summed E-state index contributed by atoms with van der Waals surface area (Å²) < 4.78 is 27.8. The lowest BCUT2D eigenvalue weighted by molar-refractivity contribution is -0.149. The first-order valence-electron chi connectivity index (χ1n) is 14.1. The van der Waals surface area contributed by atoms with Gasteiger partial charge in [0, 0.05) is 13.1 Å². The molecule has 3 aliphatic rings. The van der Waals surface area contributed by atoms with Gasteiger partial charge in [0.1, 0.15) is 24.2 Å². The van der Waals surface area contributed by atoms with Crippen molar-refractivity contribution < 1.29 is 42.9 Å². The number of nitrogens with one attached hydrogen (secondary N) is 1. The molecule has 5 N–H and O–H groups in total. The number of fused-ring (bicyclic) bond motifs is 2. The Morgan fingerprint density at radius 1 is 0.750 bits per heavy atom. The highest BCUT2D eigenvalue weighted by Crippen LogP contribution is 2.26. The van der Waals surface area contributed by atoms with Crippen molar-refractivity contribution in [2.24, 2.45) is 11.5 Å². The predicted octanol–water partition coefficient (Wildman–Crippen LogP) is -1.86. The minimum absolute atomic E-state index is 0.185. The maximum atomic E-state index is 13.6. The Morgan fingerprint density at radius 2 is 1.23 bits per heavy atom. The molecule has 6 atom stereocenters. The van der Waals surface area contributed by atoms with Crippen molar-refractivity contribution >= 4 is 23.6 Å². The minimum Gasteiger partial charge on any atom is -0.377 e. The van der Waals surface area contributed by atoms with Gasteiger partial charge in [0.2, 0.25) is 23.6 Å². The van der Waals surface area contributed by atoms with E-state index in [0.717, 1.165) is 0 Å². The zero-order valence-corrected chi connectivity index (χ0v) is 23.6. The average molecular weight is 572 g/mol. The van der Waals surface area contributed by atoms with Crippen LogP contribution in [0.15, 0.2) is 0 Å². The molecule has 3 rings (SSSR count). The number of hydrogen-bond acceptors (Lipinski definition) is 10. The zero-order chi connectivity index (χ0) is 29.1. The third-order valence-electron chi connectivity index (χ3n) is 7.48. The number of carbonyl (C=O) groups is 4. The lowest BCUT2D eigenvalue weighted by atomic mass is 10.1. The molecule has 0 aliphatic carbocycles. The zero-order valence-electron chi connectivity index (χ0n) is 23.6. The number of rotatable bonds is 1. The number of carbonyl (C=O) groups excluding carboxylic acids is 4. The van der Waals surface area contributed by atoms with Crippen LogP contribution in [0.25, 0.3) is 0 Å². The highest BCUT2D eigenvalue weighted by molar-refractivity contribution is 5.95. The van der Waals surface area contributed by atoms with Gasteiger partial charge in [-0.2, -0.15) is 0 Å². The first-order chi connectivity index (χ1) is 19.2. The minimum atomic E-state index is -1.09. The number of ether oxygens (including phenoxy) is 5. The summed E-state index contributed by atoms with van der Waals surface area (Å²) in [4.78, 5) is 55.3. The van der Waals surface area contributed by atoms with E-state index in [0.29, 0.717) is 71.8 Å². The van der Waals surface area contributed by atoms with Gasteiger partial charge in [0.05, 0.1) is 65.1 Å². The molecule has 0 spiro atoms. The summed E-state index contributed by atoms with van der Waals surface area (Å²) in [6.45, 7) is 6.62. The molecule has 0 aromatic rings. The van der Waals surface area contributed by atoms with E-state index in [-0.39, 0.29) is 31.6 Å². The van der Waals surface area contributed by atoms with Crippen molar-refractivity contribution in [3.63, 3.8) is 0 Å². The van der Waals surface area contributed by atoms with Crippen molar-refractivity contribution in [1.82, 2.24) is 15.1 Å². The second kappa shape index (κ2) is 16.2. The van der Waals surface area contributed by atoms with E-state index in [9.17, 15) is 19.2 Å². The highest BCUT2D eigenvalue weighted by Gasteiger charge is 2.44. The van der Waals surface area contributed by atoms with Crippen LogP contribution in [0.2, 0.25) is 0 Å². The average Bonchev–Trinajstić information content (AvgIpc) is 3.62. The van der Waals surface area contributed by atoms with Gasteiger partial charge in [-0.05, 0) is 39.5 Å². The van der Waals surface area contributed by atoms with Crippen molar-refractivity contribution in [1.29, 1.82) is 0 Å². The Balaban J connectivity index is 1.71. The molecule has 0 aromatic carbocycles. The van der Waals surface area contributed by atoms with Gasteiger partial charge in [-0.15, -0.1) is 0 Å². The molecule has 3 saturated heterocycles. The summed E-state index contributed by atoms with van der Waals surface area (Å²) in [7, 11) is 0. The normalized spacial score (nSPS) is 33.4. The Labute approximate surface area is 235 Å². The van der Waals surface area contributed by atoms with Crippen LogP contribution < -0.4 is 16.8 Å². The Bertz CT molecular complexity index is 862. The summed E-state index contributed by atoms with van der Waals surface area (Å²) in [5, 5.41) is 2.67. The highest BCUT2D eigenvalue weighted by atomic mass is 16.6. The molecule has 14 nitrogen and oxygen atoms in total. The maximum Gasteiger partial charge on any atom is 0.246 e. The van der Waals surface area contributed by atoms with Gasteiger partial charge in [0.15, 0.2) is 0 Å². The van der Waals surface area contributed by atoms with Crippen molar-refractivity contribution in [2.45, 2.75) is 75.9 Å². The Morgan fingerprint density at radius 3 is 1.77 bits per heavy atom. The smallest absolute Gasteiger partial charge is 0.246 e. The van der Waals surface area contributed by atoms with Crippen molar-refractivity contribution in [2.75, 3.05) is 65.9 Å². The molecule has 6 unspecified atom stereocenters. The van der Waals surface area contributed by atoms with E-state index in [4.69, 9.17) is 35.2 Å². The van der Waals surface area contributed by atoms with E-state index in [2.05, 4.69) is 5.32 Å². The summed E-state index contributed by atoms with van der Waals surface area (Å²) in [5.41, 5.74) is 11.8. The van der Waals surface area contributed by atoms with Crippen LogP contribution in [0.1, 0.15) is 39.5 Å². The van der Waals surface area contributed by atoms with Crippen LogP contribution in [-0.2, 0) is 42.9 Å². The Hall–Kier alpha value is -2.36. The number of nitrogens with two attached hydrogens (primary N) is 2. The van der Waals surface area contributed by atoms with E-state index >= 15 is 0 Å². The molecule has 0 bridgehead atoms. The first kappa shape index (κ1) is 32.2. The third kappa shape index (κ3) is 8.82. The molecule has 14 heteroatoms. The van der Waals surface area contributed by atoms with Crippen LogP contribution in [0, 0.1) is 0 Å². The van der Waals surface area contributed by atoms with Gasteiger partial charge in [0.25, 0.3) is 0 Å². The molecule has 0 saturated carbocycles. The molecular formula is C26H45N5O9. The fourth-order valence-electron chi connectivity index (χ4n) is 5.17. The summed E-state index contributed by atoms with van der Waals surface area (Å²) in [6.07, 6.45) is 0.867. The van der Waals surface area contributed by atoms with Gasteiger partial charge >= 0.3 is 0 Å². The second-order valence-corrected chi connectivity index (χ2v) is 10.3. The molecule has 3 aliphatic heterocycles. The van der Waals surface area contributed by atoms with Crippen LogP contribution in [0.3, 0.4) is 0 Å². The van der Waals surface area contributed by atoms with Crippen LogP contribution in [0.5, 0.6) is 0 Å². The lowest BCUT2D eigenvalue weighted by Crippen LogP contribution is -2.59. The third-order valence-corrected chi connectivity index (χ3v) is 7.48. The van der Waals surface area contributed by atoms with Crippen LogP contribution in [0.4, 0.5) is 0 Å². The largest absolute Gasteiger partial charge is 0.377 e. The number of nitrogens with zero attached hydrogens (tertiary/aromatic N) is 2. The fraction of sp³-hybridized carbons (Fsp3) is 0.846. The van der Waals surface area contributed by atoms with E-state index < -0.39 is 48.2 Å². The molecule has 3 fully saturated rings. The standard InChI is InChI=1S/C26H45N5O9/c1-17-21(27)26(35)31-8-4-6-20(31)25(34)30-7-3-5-19(30)24(33)29-22(23(28)32)18(2)40-16-14-38-12-10-36-9-11-37-13-15-39-17/h17-22H,3-16,27H2,1-2H3,(H2,28,32)(H,29,33). The van der Waals surface area contributed by atoms with E-state index in [1.165, 1.54) is 9.80 Å². The lowest BCUT2D eigenvalue weighted by Gasteiger charge is -2.33. The SMILES string of the molecule is CC1OCCOCCOCCOCCOC(C)C(C(N)=O)NC(=O)C2CCCN2C(=O)C2CCCN2C(=O)C1N. The number of hydrogen-bond donors (Lipinski definition) is 3. The van der Waals surface area contributed by atoms with E-state index in [1.54, 1.807) is 13.8 Å². The second-order valence-electron chi connectivity index (χ2n) is 10.3. The predicted molar refractivity (Wildman–Crippen MR) is 142 cm³/mol. The van der Waals surface area contributed by atoms with Crippen LogP contribution >= 0.6 is 0 Å². The van der Waals surface area contributed by atoms with Gasteiger partial charge in [-0.3, -0.25) is 19.2 Å². The summed E-state index contributed by atoms with van der Waals surface area (Å²) in [6, 6.07) is -3.55. The van der Waals surface area contributed by atoms with Crippen LogP contribution in [-0.4, -0.2) is 136 Å². The first-order valence-corrected chi connectivity index (χ1v) is 14.1. The monoisotopic (exact) mass is 571 g/mol. The quantitative estimate of drug-likeness (QED) is 0.322.